The number of hydrogen-bond acceptors (Lipinski definition) is 5. The number of β-amino-alcohol motifs (C(OH)–C–C–N with tert-alkyl or cyclic N) is 1. The molecule has 1 aliphatic heterocycles. The van der Waals surface area contributed by atoms with Crippen LogP contribution in [-0.2, 0) is 0 Å². The molecule has 4 rings (SSSR count). The number of nitrogens with one attached hydrogen (secondary N) is 1. The van der Waals surface area contributed by atoms with Crippen molar-refractivity contribution in [1.29, 1.82) is 0 Å². The summed E-state index contributed by atoms with van der Waals surface area (Å²) in [5.74, 6) is 1.38. The van der Waals surface area contributed by atoms with Crippen LogP contribution in [0, 0.1) is 0 Å². The van der Waals surface area contributed by atoms with Crippen molar-refractivity contribution in [3.63, 3.8) is 0 Å². The first-order valence-corrected chi connectivity index (χ1v) is 9.52. The minimum Gasteiger partial charge on any atom is -0.387 e. The van der Waals surface area contributed by atoms with E-state index in [1.807, 2.05) is 30.3 Å². The van der Waals surface area contributed by atoms with E-state index in [1.54, 1.807) is 17.3 Å². The number of carbonyl (C=O) groups excluding carboxylic acids is 1. The Morgan fingerprint density at radius 1 is 1.11 bits per heavy atom. The van der Waals surface area contributed by atoms with E-state index in [0.717, 1.165) is 37.3 Å². The number of piperazine rings is 1. The molecule has 1 atom stereocenters. The van der Waals surface area contributed by atoms with E-state index in [4.69, 9.17) is 0 Å². The molecule has 0 bridgehead atoms. The van der Waals surface area contributed by atoms with Gasteiger partial charge in [0.25, 0.3) is 0 Å². The van der Waals surface area contributed by atoms with E-state index in [2.05, 4.69) is 20.2 Å². The topological polar surface area (TPSA) is 81.6 Å². The molecule has 1 saturated heterocycles. The molecule has 27 heavy (non-hydrogen) atoms. The van der Waals surface area contributed by atoms with Crippen LogP contribution in [0.3, 0.4) is 0 Å². The van der Waals surface area contributed by atoms with Crippen LogP contribution in [0.25, 0.3) is 0 Å². The molecule has 0 spiro atoms. The van der Waals surface area contributed by atoms with Crippen LogP contribution < -0.4 is 5.32 Å². The van der Waals surface area contributed by atoms with Crippen LogP contribution in [0.1, 0.15) is 36.3 Å². The Balaban J connectivity index is 1.24. The summed E-state index contributed by atoms with van der Waals surface area (Å²) in [7, 11) is 0. The molecule has 2 aromatic rings. The number of nitrogens with zero attached hydrogens (tertiary/aromatic N) is 4. The number of aliphatic hydroxyl groups is 1. The second-order valence-electron chi connectivity index (χ2n) is 7.25. The minimum absolute atomic E-state index is 0.124. The first-order valence-electron chi connectivity index (χ1n) is 9.52. The lowest BCUT2D eigenvalue weighted by Gasteiger charge is -2.35. The average molecular weight is 367 g/mol. The summed E-state index contributed by atoms with van der Waals surface area (Å²) >= 11 is 0. The van der Waals surface area contributed by atoms with Crippen molar-refractivity contribution < 1.29 is 9.90 Å². The molecule has 1 saturated carbocycles. The number of benzene rings is 1. The predicted octanol–water partition coefficient (Wildman–Crippen LogP) is 2.24. The summed E-state index contributed by atoms with van der Waals surface area (Å²) in [5.41, 5.74) is 1.55. The van der Waals surface area contributed by atoms with Crippen LogP contribution in [0.4, 0.5) is 10.5 Å². The first kappa shape index (κ1) is 17.9. The fourth-order valence-electron chi connectivity index (χ4n) is 3.32. The number of anilines is 1. The zero-order valence-electron chi connectivity index (χ0n) is 15.3. The molecule has 142 valence electrons. The van der Waals surface area contributed by atoms with Crippen LogP contribution in [0.5, 0.6) is 0 Å². The molecule has 1 aromatic heterocycles. The van der Waals surface area contributed by atoms with Gasteiger partial charge in [0, 0.05) is 38.6 Å². The third kappa shape index (κ3) is 4.61. The lowest BCUT2D eigenvalue weighted by atomic mass is 10.1. The Labute approximate surface area is 159 Å². The maximum Gasteiger partial charge on any atom is 0.322 e. The van der Waals surface area contributed by atoms with Crippen LogP contribution in [0.15, 0.2) is 42.7 Å². The molecule has 2 heterocycles. The Hall–Kier alpha value is -2.51. The first-order chi connectivity index (χ1) is 13.2. The second-order valence-corrected chi connectivity index (χ2v) is 7.25. The number of aromatic nitrogens is 2. The Morgan fingerprint density at radius 3 is 2.41 bits per heavy atom. The van der Waals surface area contributed by atoms with E-state index in [0.29, 0.717) is 31.2 Å². The summed E-state index contributed by atoms with van der Waals surface area (Å²) in [6, 6.07) is 9.55. The van der Waals surface area contributed by atoms with Gasteiger partial charge < -0.3 is 15.3 Å². The van der Waals surface area contributed by atoms with Crippen molar-refractivity contribution in [3.8, 4) is 0 Å². The number of amides is 2. The van der Waals surface area contributed by atoms with Gasteiger partial charge in [-0.15, -0.1) is 0 Å². The molecule has 2 aliphatic rings. The maximum atomic E-state index is 12.4. The molecule has 7 heteroatoms. The number of aliphatic hydroxyl groups excluding tert-OH is 1. The Kier molecular flexibility index (Phi) is 5.31. The van der Waals surface area contributed by atoms with Gasteiger partial charge in [0.15, 0.2) is 0 Å². The van der Waals surface area contributed by atoms with Gasteiger partial charge in [0.1, 0.15) is 5.82 Å². The van der Waals surface area contributed by atoms with Gasteiger partial charge in [-0.05, 0) is 18.4 Å². The summed E-state index contributed by atoms with van der Waals surface area (Å²) in [4.78, 5) is 25.1. The lowest BCUT2D eigenvalue weighted by Crippen LogP contribution is -2.50. The Morgan fingerprint density at radius 2 is 1.78 bits per heavy atom. The number of carbonyl (C=O) groups is 1. The molecule has 1 aromatic carbocycles. The van der Waals surface area contributed by atoms with Crippen LogP contribution >= 0.6 is 0 Å². The van der Waals surface area contributed by atoms with Crippen molar-refractivity contribution in [3.05, 3.63) is 54.1 Å². The molecule has 7 nitrogen and oxygen atoms in total. The fraction of sp³-hybridized carbons (Fsp3) is 0.450. The minimum atomic E-state index is -0.506. The summed E-state index contributed by atoms with van der Waals surface area (Å²) in [6.45, 7) is 3.33. The van der Waals surface area contributed by atoms with Crippen LogP contribution in [0.2, 0.25) is 0 Å². The summed E-state index contributed by atoms with van der Waals surface area (Å²) in [6.07, 6.45) is 5.19. The average Bonchev–Trinajstić information content (AvgIpc) is 3.55. The molecule has 1 aliphatic carbocycles. The fourth-order valence-corrected chi connectivity index (χ4v) is 3.32. The maximum absolute atomic E-state index is 12.4. The van der Waals surface area contributed by atoms with Crippen molar-refractivity contribution in [1.82, 2.24) is 19.8 Å². The quantitative estimate of drug-likeness (QED) is 0.847. The molecule has 2 N–H and O–H groups in total. The smallest absolute Gasteiger partial charge is 0.322 e. The second kappa shape index (κ2) is 8.02. The highest BCUT2D eigenvalue weighted by atomic mass is 16.3. The monoisotopic (exact) mass is 367 g/mol. The van der Waals surface area contributed by atoms with E-state index in [9.17, 15) is 9.90 Å². The number of hydrogen-bond donors (Lipinski definition) is 2. The molecular weight excluding hydrogens is 342 g/mol. The highest BCUT2D eigenvalue weighted by Crippen LogP contribution is 2.37. The van der Waals surface area contributed by atoms with Crippen molar-refractivity contribution in [2.45, 2.75) is 24.9 Å². The largest absolute Gasteiger partial charge is 0.387 e. The van der Waals surface area contributed by atoms with Gasteiger partial charge in [-0.25, -0.2) is 14.8 Å². The van der Waals surface area contributed by atoms with E-state index in [-0.39, 0.29) is 6.03 Å². The molecule has 2 fully saturated rings. The summed E-state index contributed by atoms with van der Waals surface area (Å²) in [5, 5.41) is 13.2. The van der Waals surface area contributed by atoms with Gasteiger partial charge >= 0.3 is 6.03 Å². The van der Waals surface area contributed by atoms with Gasteiger partial charge in [0.05, 0.1) is 24.2 Å². The molecule has 1 unspecified atom stereocenters. The third-order valence-corrected chi connectivity index (χ3v) is 5.14. The third-order valence-electron chi connectivity index (χ3n) is 5.14. The molecular formula is C20H25N5O2. The van der Waals surface area contributed by atoms with Gasteiger partial charge in [-0.2, -0.15) is 0 Å². The standard InChI is InChI=1S/C20H25N5O2/c26-18(15-4-2-1-3-5-15)14-24-8-10-25(11-9-24)20(27)23-17-12-21-19(22-13-17)16-6-7-16/h1-5,12-13,16,18,26H,6-11,14H2,(H,23,27). The van der Waals surface area contributed by atoms with Crippen molar-refractivity contribution >= 4 is 11.7 Å². The van der Waals surface area contributed by atoms with E-state index in [1.165, 1.54) is 0 Å². The summed E-state index contributed by atoms with van der Waals surface area (Å²) < 4.78 is 0. The zero-order chi connectivity index (χ0) is 18.6. The zero-order valence-corrected chi connectivity index (χ0v) is 15.3. The van der Waals surface area contributed by atoms with Crippen LogP contribution in [-0.4, -0.2) is 63.6 Å². The predicted molar refractivity (Wildman–Crippen MR) is 102 cm³/mol. The highest BCUT2D eigenvalue weighted by Gasteiger charge is 2.26. The SMILES string of the molecule is O=C(Nc1cnc(C2CC2)nc1)N1CCN(CC(O)c2ccccc2)CC1. The molecule has 0 radical (unpaired) electrons. The molecule has 2 amide bonds. The normalized spacial score (nSPS) is 18.9. The lowest BCUT2D eigenvalue weighted by molar-refractivity contribution is 0.0831. The van der Waals surface area contributed by atoms with Crippen molar-refractivity contribution in [2.24, 2.45) is 0 Å². The van der Waals surface area contributed by atoms with E-state index < -0.39 is 6.10 Å². The van der Waals surface area contributed by atoms with Gasteiger partial charge in [-0.1, -0.05) is 30.3 Å². The highest BCUT2D eigenvalue weighted by molar-refractivity contribution is 5.89. The number of rotatable bonds is 5. The Bertz CT molecular complexity index is 756. The van der Waals surface area contributed by atoms with Gasteiger partial charge in [-0.3, -0.25) is 4.90 Å². The number of urea groups is 1. The van der Waals surface area contributed by atoms with Gasteiger partial charge in [0.2, 0.25) is 0 Å². The van der Waals surface area contributed by atoms with Crippen molar-refractivity contribution in [2.75, 3.05) is 38.0 Å². The van der Waals surface area contributed by atoms with E-state index >= 15 is 0 Å².